The minimum absolute atomic E-state index is 0.694. The molecule has 1 saturated carbocycles. The molecule has 2 N–H and O–H groups in total. The molecule has 1 aliphatic rings. The Hall–Kier alpha value is -1.88. The molecule has 0 spiro atoms. The van der Waals surface area contributed by atoms with Crippen molar-refractivity contribution >= 4 is 17.3 Å². The second-order valence-corrected chi connectivity index (χ2v) is 7.62. The maximum Gasteiger partial charge on any atom is 0.191 e. The van der Waals surface area contributed by atoms with Crippen molar-refractivity contribution in [2.24, 2.45) is 10.9 Å². The van der Waals surface area contributed by atoms with E-state index >= 15 is 0 Å². The van der Waals surface area contributed by atoms with Crippen LogP contribution < -0.4 is 10.6 Å². The number of benzene rings is 1. The van der Waals surface area contributed by atoms with Crippen LogP contribution in [0.1, 0.15) is 40.4 Å². The smallest absolute Gasteiger partial charge is 0.191 e. The molecule has 5 heteroatoms. The number of guanidine groups is 1. The number of hydrogen-bond acceptors (Lipinski definition) is 3. The highest BCUT2D eigenvalue weighted by Gasteiger charge is 2.37. The second-order valence-electron chi connectivity index (χ2n) is 6.33. The predicted molar refractivity (Wildman–Crippen MR) is 102 cm³/mol. The lowest BCUT2D eigenvalue weighted by Crippen LogP contribution is -2.38. The Kier molecular flexibility index (Phi) is 5.51. The Balaban J connectivity index is 1.53. The summed E-state index contributed by atoms with van der Waals surface area (Å²) < 4.78 is 0. The van der Waals surface area contributed by atoms with Gasteiger partial charge in [-0.25, -0.2) is 9.98 Å². The predicted octanol–water partition coefficient (Wildman–Crippen LogP) is 3.62. The molecule has 2 atom stereocenters. The van der Waals surface area contributed by atoms with E-state index in [9.17, 15) is 0 Å². The summed E-state index contributed by atoms with van der Waals surface area (Å²) in [5, 5.41) is 7.95. The lowest BCUT2D eigenvalue weighted by molar-refractivity contribution is 0.721. The lowest BCUT2D eigenvalue weighted by Gasteiger charge is -2.11. The number of hydrogen-bond donors (Lipinski definition) is 2. The third-order valence-electron chi connectivity index (χ3n) is 4.41. The Morgan fingerprint density at radius 1 is 1.25 bits per heavy atom. The van der Waals surface area contributed by atoms with Crippen LogP contribution in [0.25, 0.3) is 0 Å². The Labute approximate surface area is 148 Å². The normalized spacial score (nSPS) is 20.0. The zero-order chi connectivity index (χ0) is 16.9. The number of aliphatic imine (C=N–C) groups is 1. The molecule has 0 aliphatic heterocycles. The Morgan fingerprint density at radius 3 is 2.71 bits per heavy atom. The highest BCUT2D eigenvalue weighted by Crippen LogP contribution is 2.46. The van der Waals surface area contributed by atoms with Crippen molar-refractivity contribution in [1.82, 2.24) is 15.6 Å². The van der Waals surface area contributed by atoms with Crippen LogP contribution in [0.15, 0.2) is 35.3 Å². The summed E-state index contributed by atoms with van der Waals surface area (Å²) in [7, 11) is 0. The Bertz CT molecular complexity index is 693. The van der Waals surface area contributed by atoms with Gasteiger partial charge in [0.25, 0.3) is 0 Å². The molecule has 0 amide bonds. The number of nitrogens with zero attached hydrogens (tertiary/aromatic N) is 2. The van der Waals surface area contributed by atoms with Crippen LogP contribution in [0.4, 0.5) is 0 Å². The van der Waals surface area contributed by atoms with E-state index < -0.39 is 0 Å². The summed E-state index contributed by atoms with van der Waals surface area (Å²) in [4.78, 5) is 10.4. The molecule has 1 aliphatic carbocycles. The molecular weight excluding hydrogens is 316 g/mol. The van der Waals surface area contributed by atoms with E-state index in [4.69, 9.17) is 4.99 Å². The molecule has 1 aromatic heterocycles. The zero-order valence-electron chi connectivity index (χ0n) is 14.7. The molecular formula is C19H26N4S. The first-order valence-corrected chi connectivity index (χ1v) is 9.49. The van der Waals surface area contributed by atoms with Gasteiger partial charge in [0.1, 0.15) is 0 Å². The molecule has 2 unspecified atom stereocenters. The molecule has 1 fully saturated rings. The first-order chi connectivity index (χ1) is 11.7. The van der Waals surface area contributed by atoms with E-state index in [1.54, 1.807) is 11.3 Å². The van der Waals surface area contributed by atoms with Gasteiger partial charge in [-0.05, 0) is 44.6 Å². The van der Waals surface area contributed by atoms with Gasteiger partial charge in [-0.2, -0.15) is 0 Å². The van der Waals surface area contributed by atoms with Gasteiger partial charge in [0.15, 0.2) is 5.96 Å². The summed E-state index contributed by atoms with van der Waals surface area (Å²) in [5.41, 5.74) is 2.56. The SMILES string of the molecule is CCNC(=NCc1sc(C)nc1C)NCC1CC1c1ccccc1. The minimum atomic E-state index is 0.694. The van der Waals surface area contributed by atoms with Crippen LogP contribution in [0, 0.1) is 19.8 Å². The fourth-order valence-electron chi connectivity index (χ4n) is 3.02. The van der Waals surface area contributed by atoms with Crippen molar-refractivity contribution in [2.45, 2.75) is 39.7 Å². The molecule has 24 heavy (non-hydrogen) atoms. The standard InChI is InChI=1S/C19H26N4S/c1-4-20-19(22-12-18-13(2)23-14(3)24-18)21-11-16-10-17(16)15-8-6-5-7-9-15/h5-9,16-17H,4,10-12H2,1-3H3,(H2,20,21,22). The third-order valence-corrected chi connectivity index (χ3v) is 5.46. The first-order valence-electron chi connectivity index (χ1n) is 8.67. The van der Waals surface area contributed by atoms with Gasteiger partial charge in [0.05, 0.1) is 17.2 Å². The van der Waals surface area contributed by atoms with Gasteiger partial charge >= 0.3 is 0 Å². The second kappa shape index (κ2) is 7.79. The van der Waals surface area contributed by atoms with Gasteiger partial charge in [-0.3, -0.25) is 0 Å². The lowest BCUT2D eigenvalue weighted by atomic mass is 10.1. The summed E-state index contributed by atoms with van der Waals surface area (Å²) >= 11 is 1.74. The molecule has 1 aromatic carbocycles. The van der Waals surface area contributed by atoms with Crippen molar-refractivity contribution in [3.63, 3.8) is 0 Å². The zero-order valence-corrected chi connectivity index (χ0v) is 15.5. The molecule has 1 heterocycles. The fourth-order valence-corrected chi connectivity index (χ4v) is 3.88. The van der Waals surface area contributed by atoms with Crippen LogP contribution in [0.3, 0.4) is 0 Å². The van der Waals surface area contributed by atoms with Crippen molar-refractivity contribution in [3.05, 3.63) is 51.5 Å². The number of nitrogens with one attached hydrogen (secondary N) is 2. The van der Waals surface area contributed by atoms with E-state index in [0.717, 1.165) is 29.8 Å². The van der Waals surface area contributed by atoms with Crippen LogP contribution >= 0.6 is 11.3 Å². The maximum absolute atomic E-state index is 4.72. The van der Waals surface area contributed by atoms with E-state index in [0.29, 0.717) is 18.4 Å². The molecule has 3 rings (SSSR count). The van der Waals surface area contributed by atoms with Crippen molar-refractivity contribution in [3.8, 4) is 0 Å². The van der Waals surface area contributed by atoms with E-state index in [1.807, 2.05) is 6.92 Å². The third kappa shape index (κ3) is 4.35. The summed E-state index contributed by atoms with van der Waals surface area (Å²) in [6.45, 7) is 8.75. The highest BCUT2D eigenvalue weighted by molar-refractivity contribution is 7.11. The van der Waals surface area contributed by atoms with Crippen molar-refractivity contribution < 1.29 is 0 Å². The quantitative estimate of drug-likeness (QED) is 0.623. The molecule has 0 saturated heterocycles. The number of aryl methyl sites for hydroxylation is 2. The van der Waals surface area contributed by atoms with Crippen molar-refractivity contribution in [1.29, 1.82) is 0 Å². The number of aromatic nitrogens is 1. The summed E-state index contributed by atoms with van der Waals surface area (Å²) in [5.74, 6) is 2.32. The monoisotopic (exact) mass is 342 g/mol. The van der Waals surface area contributed by atoms with Crippen LogP contribution in [0.2, 0.25) is 0 Å². The molecule has 2 aromatic rings. The largest absolute Gasteiger partial charge is 0.357 e. The topological polar surface area (TPSA) is 49.3 Å². The van der Waals surface area contributed by atoms with Crippen LogP contribution in [0.5, 0.6) is 0 Å². The van der Waals surface area contributed by atoms with Crippen molar-refractivity contribution in [2.75, 3.05) is 13.1 Å². The average molecular weight is 343 g/mol. The first kappa shape index (κ1) is 17.0. The fraction of sp³-hybridized carbons (Fsp3) is 0.474. The van der Waals surface area contributed by atoms with Gasteiger partial charge in [-0.1, -0.05) is 30.3 Å². The van der Waals surface area contributed by atoms with E-state index in [2.05, 4.69) is 59.8 Å². The van der Waals surface area contributed by atoms with Gasteiger partial charge in [0, 0.05) is 18.0 Å². The number of rotatable bonds is 6. The maximum atomic E-state index is 4.72. The molecule has 0 bridgehead atoms. The van der Waals surface area contributed by atoms with Gasteiger partial charge in [0.2, 0.25) is 0 Å². The Morgan fingerprint density at radius 2 is 2.04 bits per heavy atom. The average Bonchev–Trinajstić information content (AvgIpc) is 3.29. The van der Waals surface area contributed by atoms with E-state index in [1.165, 1.54) is 16.9 Å². The van der Waals surface area contributed by atoms with Crippen LogP contribution in [-0.4, -0.2) is 24.0 Å². The summed E-state index contributed by atoms with van der Waals surface area (Å²) in [6, 6.07) is 10.8. The van der Waals surface area contributed by atoms with E-state index in [-0.39, 0.29) is 0 Å². The number of thiazole rings is 1. The molecule has 128 valence electrons. The van der Waals surface area contributed by atoms with Crippen LogP contribution in [-0.2, 0) is 6.54 Å². The summed E-state index contributed by atoms with van der Waals surface area (Å²) in [6.07, 6.45) is 1.27. The molecule has 4 nitrogen and oxygen atoms in total. The van der Waals surface area contributed by atoms with Gasteiger partial charge < -0.3 is 10.6 Å². The molecule has 0 radical (unpaired) electrons. The van der Waals surface area contributed by atoms with Gasteiger partial charge in [-0.15, -0.1) is 11.3 Å². The highest BCUT2D eigenvalue weighted by atomic mass is 32.1. The minimum Gasteiger partial charge on any atom is -0.357 e.